The van der Waals surface area contributed by atoms with Gasteiger partial charge in [0, 0.05) is 6.42 Å². The lowest BCUT2D eigenvalue weighted by Crippen LogP contribution is -2.12. The number of hydrogen-bond acceptors (Lipinski definition) is 4. The summed E-state index contributed by atoms with van der Waals surface area (Å²) >= 11 is 0. The van der Waals surface area contributed by atoms with Gasteiger partial charge in [0.2, 0.25) is 0 Å². The first-order valence-electron chi connectivity index (χ1n) is 5.07. The Bertz CT molecular complexity index is 221. The number of carbonyl (C=O) groups excluding carboxylic acids is 2. The van der Waals surface area contributed by atoms with E-state index in [0.717, 1.165) is 0 Å². The van der Waals surface area contributed by atoms with Crippen LogP contribution in [-0.4, -0.2) is 31.6 Å². The van der Waals surface area contributed by atoms with E-state index in [1.54, 1.807) is 6.92 Å². The summed E-state index contributed by atoms with van der Waals surface area (Å²) in [4.78, 5) is 22.1. The summed E-state index contributed by atoms with van der Waals surface area (Å²) in [6.07, 6.45) is 4.00. The fourth-order valence-corrected chi connectivity index (χ4v) is 0.884. The second-order valence-electron chi connectivity index (χ2n) is 2.93. The molecule has 0 aromatic carbocycles. The molecule has 86 valence electrons. The molecular formula is C11H18O4. The van der Waals surface area contributed by atoms with Gasteiger partial charge in [0.25, 0.3) is 0 Å². The molecule has 0 N–H and O–H groups in total. The summed E-state index contributed by atoms with van der Waals surface area (Å²) in [7, 11) is 0. The fraction of sp³-hybridized carbons (Fsp3) is 0.636. The maximum absolute atomic E-state index is 11.2. The highest BCUT2D eigenvalue weighted by molar-refractivity contribution is 5.83. The number of carbonyl (C=O) groups is 2. The van der Waals surface area contributed by atoms with Gasteiger partial charge >= 0.3 is 5.97 Å². The summed E-state index contributed by atoms with van der Waals surface area (Å²) in [6.45, 7) is 4.46. The summed E-state index contributed by atoms with van der Waals surface area (Å²) < 4.78 is 9.73. The second-order valence-corrected chi connectivity index (χ2v) is 2.93. The van der Waals surface area contributed by atoms with Crippen molar-refractivity contribution in [2.75, 3.05) is 19.8 Å². The molecule has 0 bridgehead atoms. The minimum atomic E-state index is -0.334. The van der Waals surface area contributed by atoms with Crippen molar-refractivity contribution in [2.24, 2.45) is 0 Å². The molecule has 0 atom stereocenters. The highest BCUT2D eigenvalue weighted by Crippen LogP contribution is 1.95. The highest BCUT2D eigenvalue weighted by Gasteiger charge is 2.07. The summed E-state index contributed by atoms with van der Waals surface area (Å²) in [5, 5.41) is 0. The first kappa shape index (κ1) is 13.8. The summed E-state index contributed by atoms with van der Waals surface area (Å²) in [6, 6.07) is 0. The molecule has 15 heavy (non-hydrogen) atoms. The van der Waals surface area contributed by atoms with Crippen molar-refractivity contribution in [3.8, 4) is 0 Å². The highest BCUT2D eigenvalue weighted by atomic mass is 16.5. The standard InChI is InChI=1S/C11H18O4/c1-3-5-8-14-9-10(12)6-7-11(13)15-4-2/h3,5H,4,6-9H2,1-2H3/b5-3+. The second kappa shape index (κ2) is 9.40. The van der Waals surface area contributed by atoms with Crippen LogP contribution in [0.5, 0.6) is 0 Å². The Labute approximate surface area is 90.2 Å². The predicted octanol–water partition coefficient (Wildman–Crippen LogP) is 1.49. The third-order valence-corrected chi connectivity index (χ3v) is 1.63. The van der Waals surface area contributed by atoms with Crippen LogP contribution < -0.4 is 0 Å². The van der Waals surface area contributed by atoms with Crippen molar-refractivity contribution in [1.29, 1.82) is 0 Å². The number of Topliss-reactive ketones (excluding diaryl/α,β-unsaturated/α-hetero) is 1. The van der Waals surface area contributed by atoms with E-state index in [9.17, 15) is 9.59 Å². The van der Waals surface area contributed by atoms with Crippen molar-refractivity contribution in [3.63, 3.8) is 0 Å². The zero-order valence-electron chi connectivity index (χ0n) is 9.32. The van der Waals surface area contributed by atoms with Crippen molar-refractivity contribution in [1.82, 2.24) is 0 Å². The van der Waals surface area contributed by atoms with Gasteiger partial charge in [-0.15, -0.1) is 0 Å². The molecule has 4 heteroatoms. The summed E-state index contributed by atoms with van der Waals surface area (Å²) in [5.74, 6) is -0.410. The van der Waals surface area contributed by atoms with E-state index in [0.29, 0.717) is 13.2 Å². The number of allylic oxidation sites excluding steroid dienone is 1. The van der Waals surface area contributed by atoms with Crippen molar-refractivity contribution in [3.05, 3.63) is 12.2 Å². The largest absolute Gasteiger partial charge is 0.466 e. The Morgan fingerprint density at radius 2 is 2.00 bits per heavy atom. The fourth-order valence-electron chi connectivity index (χ4n) is 0.884. The Morgan fingerprint density at radius 1 is 1.27 bits per heavy atom. The van der Waals surface area contributed by atoms with Crippen LogP contribution in [-0.2, 0) is 19.1 Å². The van der Waals surface area contributed by atoms with Crippen LogP contribution in [0.4, 0.5) is 0 Å². The van der Waals surface area contributed by atoms with Gasteiger partial charge in [-0.3, -0.25) is 9.59 Å². The van der Waals surface area contributed by atoms with E-state index >= 15 is 0 Å². The Hall–Kier alpha value is -1.16. The van der Waals surface area contributed by atoms with Crippen molar-refractivity contribution < 1.29 is 19.1 Å². The lowest BCUT2D eigenvalue weighted by Gasteiger charge is -2.01. The Morgan fingerprint density at radius 3 is 2.60 bits per heavy atom. The number of rotatable bonds is 8. The molecule has 0 unspecified atom stereocenters. The lowest BCUT2D eigenvalue weighted by molar-refractivity contribution is -0.144. The van der Waals surface area contributed by atoms with Crippen LogP contribution in [0.25, 0.3) is 0 Å². The van der Waals surface area contributed by atoms with Gasteiger partial charge in [-0.25, -0.2) is 0 Å². The zero-order chi connectivity index (χ0) is 11.5. The molecule has 4 nitrogen and oxygen atoms in total. The molecule has 0 saturated heterocycles. The molecule has 0 fully saturated rings. The van der Waals surface area contributed by atoms with Gasteiger partial charge in [-0.1, -0.05) is 12.2 Å². The predicted molar refractivity (Wildman–Crippen MR) is 56.5 cm³/mol. The Balaban J connectivity index is 3.44. The molecule has 0 spiro atoms. The molecule has 0 aromatic heterocycles. The minimum absolute atomic E-state index is 0.0593. The number of ketones is 1. The van der Waals surface area contributed by atoms with Gasteiger partial charge in [0.1, 0.15) is 6.61 Å². The van der Waals surface area contributed by atoms with E-state index in [1.165, 1.54) is 0 Å². The van der Waals surface area contributed by atoms with E-state index in [4.69, 9.17) is 9.47 Å². The van der Waals surface area contributed by atoms with Crippen LogP contribution in [0.3, 0.4) is 0 Å². The van der Waals surface area contributed by atoms with Crippen LogP contribution in [0.15, 0.2) is 12.2 Å². The van der Waals surface area contributed by atoms with Crippen LogP contribution in [0.2, 0.25) is 0 Å². The van der Waals surface area contributed by atoms with E-state index < -0.39 is 0 Å². The third kappa shape index (κ3) is 9.15. The van der Waals surface area contributed by atoms with Gasteiger partial charge in [0.15, 0.2) is 5.78 Å². The maximum Gasteiger partial charge on any atom is 0.306 e. The van der Waals surface area contributed by atoms with E-state index in [2.05, 4.69) is 0 Å². The Kier molecular flexibility index (Phi) is 8.67. The van der Waals surface area contributed by atoms with Crippen LogP contribution in [0.1, 0.15) is 26.7 Å². The quantitative estimate of drug-likeness (QED) is 0.349. The molecule has 0 aliphatic rings. The van der Waals surface area contributed by atoms with E-state index in [1.807, 2.05) is 19.1 Å². The average Bonchev–Trinajstić information content (AvgIpc) is 2.22. The average molecular weight is 214 g/mol. The molecule has 0 aliphatic heterocycles. The lowest BCUT2D eigenvalue weighted by atomic mass is 10.2. The van der Waals surface area contributed by atoms with Crippen molar-refractivity contribution >= 4 is 11.8 Å². The molecular weight excluding hydrogens is 196 g/mol. The topological polar surface area (TPSA) is 52.6 Å². The first-order chi connectivity index (χ1) is 7.20. The molecule has 0 radical (unpaired) electrons. The summed E-state index contributed by atoms with van der Waals surface area (Å²) in [5.41, 5.74) is 0. The normalized spacial score (nSPS) is 10.5. The minimum Gasteiger partial charge on any atom is -0.466 e. The van der Waals surface area contributed by atoms with Gasteiger partial charge in [-0.2, -0.15) is 0 Å². The number of esters is 1. The number of ether oxygens (including phenoxy) is 2. The third-order valence-electron chi connectivity index (χ3n) is 1.63. The van der Waals surface area contributed by atoms with Crippen LogP contribution in [0, 0.1) is 0 Å². The van der Waals surface area contributed by atoms with E-state index in [-0.39, 0.29) is 31.2 Å². The first-order valence-corrected chi connectivity index (χ1v) is 5.07. The smallest absolute Gasteiger partial charge is 0.306 e. The molecule has 0 saturated carbocycles. The molecule has 0 heterocycles. The van der Waals surface area contributed by atoms with Gasteiger partial charge in [-0.05, 0) is 13.8 Å². The maximum atomic E-state index is 11.2. The SMILES string of the molecule is C/C=C/COCC(=O)CCC(=O)OCC. The monoisotopic (exact) mass is 214 g/mol. The van der Waals surface area contributed by atoms with Crippen LogP contribution >= 0.6 is 0 Å². The van der Waals surface area contributed by atoms with Gasteiger partial charge in [0.05, 0.1) is 19.6 Å². The molecule has 0 aliphatic carbocycles. The molecule has 0 aromatic rings. The van der Waals surface area contributed by atoms with Gasteiger partial charge < -0.3 is 9.47 Å². The zero-order valence-corrected chi connectivity index (χ0v) is 9.32. The number of hydrogen-bond donors (Lipinski definition) is 0. The molecule has 0 rings (SSSR count). The van der Waals surface area contributed by atoms with Crippen molar-refractivity contribution in [2.45, 2.75) is 26.7 Å². The molecule has 0 amide bonds.